The molecule has 4 rings (SSSR count). The number of carbonyl (C=O) groups excluding carboxylic acids is 1. The molecule has 1 N–H and O–H groups in total. The highest BCUT2D eigenvalue weighted by Crippen LogP contribution is 2.63. The fourth-order valence-electron chi connectivity index (χ4n) is 6.13. The van der Waals surface area contributed by atoms with Crippen LogP contribution in [0.2, 0.25) is 0 Å². The minimum absolute atomic E-state index is 0.0308. The summed E-state index contributed by atoms with van der Waals surface area (Å²) in [6.07, 6.45) is 7.17. The zero-order chi connectivity index (χ0) is 16.6. The Bertz CT molecular complexity index is 627. The summed E-state index contributed by atoms with van der Waals surface area (Å²) >= 11 is 0. The van der Waals surface area contributed by atoms with Crippen molar-refractivity contribution in [3.05, 3.63) is 22.8 Å². The summed E-state index contributed by atoms with van der Waals surface area (Å²) in [6.45, 7) is 8.79. The Labute approximate surface area is 138 Å². The molecular formula is C20H28O3. The summed E-state index contributed by atoms with van der Waals surface area (Å²) in [5.41, 5.74) is 3.61. The topological polar surface area (TPSA) is 46.5 Å². The molecule has 0 aromatic rings. The number of rotatable bonds is 0. The van der Waals surface area contributed by atoms with E-state index >= 15 is 0 Å². The average Bonchev–Trinajstić information content (AvgIpc) is 2.77. The maximum Gasteiger partial charge on any atom is 0.334 e. The molecule has 0 aromatic heterocycles. The van der Waals surface area contributed by atoms with E-state index in [1.165, 1.54) is 5.57 Å². The third-order valence-electron chi connectivity index (χ3n) is 7.60. The Kier molecular flexibility index (Phi) is 3.17. The summed E-state index contributed by atoms with van der Waals surface area (Å²) in [5.74, 6) is 0.881. The van der Waals surface area contributed by atoms with Crippen molar-refractivity contribution in [2.45, 2.75) is 72.0 Å². The molecule has 2 saturated carbocycles. The third-order valence-corrected chi connectivity index (χ3v) is 7.60. The van der Waals surface area contributed by atoms with E-state index in [-0.39, 0.29) is 29.0 Å². The second-order valence-corrected chi connectivity index (χ2v) is 8.95. The van der Waals surface area contributed by atoms with Crippen molar-refractivity contribution < 1.29 is 14.6 Å². The molecule has 0 spiro atoms. The first-order valence-electron chi connectivity index (χ1n) is 9.05. The van der Waals surface area contributed by atoms with Gasteiger partial charge in [0.2, 0.25) is 0 Å². The fourth-order valence-corrected chi connectivity index (χ4v) is 6.13. The molecule has 2 fully saturated rings. The smallest absolute Gasteiger partial charge is 0.334 e. The van der Waals surface area contributed by atoms with Gasteiger partial charge in [-0.15, -0.1) is 0 Å². The molecule has 5 atom stereocenters. The van der Waals surface area contributed by atoms with Gasteiger partial charge in [0.1, 0.15) is 6.10 Å². The van der Waals surface area contributed by atoms with Crippen molar-refractivity contribution in [3.8, 4) is 0 Å². The number of esters is 1. The second kappa shape index (κ2) is 4.72. The van der Waals surface area contributed by atoms with Crippen LogP contribution in [0.4, 0.5) is 0 Å². The van der Waals surface area contributed by atoms with Gasteiger partial charge in [-0.05, 0) is 61.7 Å². The number of aliphatic hydroxyl groups is 1. The minimum Gasteiger partial charge on any atom is -0.454 e. The lowest BCUT2D eigenvalue weighted by molar-refractivity contribution is -0.145. The summed E-state index contributed by atoms with van der Waals surface area (Å²) in [7, 11) is 0. The van der Waals surface area contributed by atoms with Gasteiger partial charge in [0, 0.05) is 11.1 Å². The molecule has 0 amide bonds. The molecule has 0 bridgehead atoms. The second-order valence-electron chi connectivity index (χ2n) is 8.95. The summed E-state index contributed by atoms with van der Waals surface area (Å²) in [5, 5.41) is 10.5. The molecule has 126 valence electrons. The van der Waals surface area contributed by atoms with Gasteiger partial charge in [0.15, 0.2) is 0 Å². The van der Waals surface area contributed by atoms with E-state index in [1.54, 1.807) is 0 Å². The molecule has 0 saturated heterocycles. The number of fused-ring (bicyclic) bond motifs is 4. The normalized spacial score (nSPS) is 44.9. The van der Waals surface area contributed by atoms with Gasteiger partial charge >= 0.3 is 5.97 Å². The van der Waals surface area contributed by atoms with E-state index in [2.05, 4.69) is 26.8 Å². The van der Waals surface area contributed by atoms with Gasteiger partial charge in [-0.3, -0.25) is 0 Å². The quantitative estimate of drug-likeness (QED) is 0.692. The Morgan fingerprint density at radius 1 is 1.26 bits per heavy atom. The van der Waals surface area contributed by atoms with Gasteiger partial charge < -0.3 is 9.84 Å². The lowest BCUT2D eigenvalue weighted by Crippen LogP contribution is -2.55. The number of ether oxygens (including phenoxy) is 1. The highest BCUT2D eigenvalue weighted by Gasteiger charge is 2.57. The molecule has 1 heterocycles. The van der Waals surface area contributed by atoms with Crippen LogP contribution in [-0.2, 0) is 9.53 Å². The SMILES string of the molecule is CC1=C2C=C3CC[C@@H]4C(C)(C)[C@H](O)CC[C@@]4(C)[C@@H]3C[C@H]2OC1=O. The van der Waals surface area contributed by atoms with Crippen molar-refractivity contribution in [1.29, 1.82) is 0 Å². The zero-order valence-corrected chi connectivity index (χ0v) is 14.7. The molecule has 23 heavy (non-hydrogen) atoms. The Hall–Kier alpha value is -1.09. The van der Waals surface area contributed by atoms with Crippen molar-refractivity contribution in [2.75, 3.05) is 0 Å². The number of hydrogen-bond acceptors (Lipinski definition) is 3. The van der Waals surface area contributed by atoms with Crippen LogP contribution in [0.5, 0.6) is 0 Å². The fraction of sp³-hybridized carbons (Fsp3) is 0.750. The third kappa shape index (κ3) is 1.95. The van der Waals surface area contributed by atoms with Crippen LogP contribution in [0.25, 0.3) is 0 Å². The van der Waals surface area contributed by atoms with Crippen LogP contribution in [0.1, 0.15) is 59.8 Å². The van der Waals surface area contributed by atoms with Gasteiger partial charge in [-0.2, -0.15) is 0 Å². The van der Waals surface area contributed by atoms with E-state index in [4.69, 9.17) is 4.74 Å². The lowest BCUT2D eigenvalue weighted by atomic mass is 9.45. The zero-order valence-electron chi connectivity index (χ0n) is 14.7. The van der Waals surface area contributed by atoms with Crippen LogP contribution in [-0.4, -0.2) is 23.3 Å². The molecular weight excluding hydrogens is 288 g/mol. The predicted molar refractivity (Wildman–Crippen MR) is 88.6 cm³/mol. The summed E-state index contributed by atoms with van der Waals surface area (Å²) in [6, 6.07) is 0. The van der Waals surface area contributed by atoms with Crippen LogP contribution in [0, 0.1) is 22.7 Å². The number of hydrogen-bond donors (Lipinski definition) is 1. The monoisotopic (exact) mass is 316 g/mol. The molecule has 3 nitrogen and oxygen atoms in total. The first-order valence-corrected chi connectivity index (χ1v) is 9.05. The lowest BCUT2D eigenvalue weighted by Gasteiger charge is -2.60. The van der Waals surface area contributed by atoms with Gasteiger partial charge in [0.25, 0.3) is 0 Å². The predicted octanol–water partition coefficient (Wildman–Crippen LogP) is 3.77. The Morgan fingerprint density at radius 3 is 2.74 bits per heavy atom. The van der Waals surface area contributed by atoms with E-state index in [0.717, 1.165) is 43.3 Å². The summed E-state index contributed by atoms with van der Waals surface area (Å²) < 4.78 is 5.62. The van der Waals surface area contributed by atoms with E-state index in [9.17, 15) is 9.90 Å². The summed E-state index contributed by atoms with van der Waals surface area (Å²) in [4.78, 5) is 11.9. The van der Waals surface area contributed by atoms with Crippen molar-refractivity contribution in [2.24, 2.45) is 22.7 Å². The largest absolute Gasteiger partial charge is 0.454 e. The average molecular weight is 316 g/mol. The molecule has 0 radical (unpaired) electrons. The minimum atomic E-state index is -0.197. The first kappa shape index (κ1) is 15.4. The van der Waals surface area contributed by atoms with Crippen LogP contribution in [0.3, 0.4) is 0 Å². The van der Waals surface area contributed by atoms with E-state index in [1.807, 2.05) is 6.92 Å². The van der Waals surface area contributed by atoms with Crippen LogP contribution < -0.4 is 0 Å². The Morgan fingerprint density at radius 2 is 2.00 bits per heavy atom. The maximum atomic E-state index is 11.9. The molecule has 4 aliphatic rings. The highest BCUT2D eigenvalue weighted by molar-refractivity contribution is 5.92. The van der Waals surface area contributed by atoms with Gasteiger partial charge in [-0.25, -0.2) is 4.79 Å². The van der Waals surface area contributed by atoms with E-state index < -0.39 is 0 Å². The molecule has 1 aliphatic heterocycles. The molecule has 3 heteroatoms. The molecule has 3 aliphatic carbocycles. The Balaban J connectivity index is 1.74. The van der Waals surface area contributed by atoms with Crippen molar-refractivity contribution in [3.63, 3.8) is 0 Å². The number of aliphatic hydroxyl groups excluding tert-OH is 1. The molecule has 0 aromatic carbocycles. The van der Waals surface area contributed by atoms with Crippen LogP contribution >= 0.6 is 0 Å². The van der Waals surface area contributed by atoms with Gasteiger partial charge in [0.05, 0.1) is 6.10 Å². The number of carbonyl (C=O) groups is 1. The standard InChI is InChI=1S/C20H28O3/c1-11-13-9-12-5-6-16-19(2,3)17(21)7-8-20(16,4)14(12)10-15(13)23-18(11)22/h9,14-17,21H,5-8,10H2,1-4H3/t14-,15-,16-,17-,20+/m1/s1. The maximum absolute atomic E-state index is 11.9. The number of allylic oxidation sites excluding steroid dienone is 1. The molecule has 0 unspecified atom stereocenters. The first-order chi connectivity index (χ1) is 10.7. The van der Waals surface area contributed by atoms with Crippen LogP contribution in [0.15, 0.2) is 22.8 Å². The highest BCUT2D eigenvalue weighted by atomic mass is 16.5. The van der Waals surface area contributed by atoms with E-state index in [0.29, 0.717) is 11.8 Å². The van der Waals surface area contributed by atoms with Crippen molar-refractivity contribution >= 4 is 5.97 Å². The van der Waals surface area contributed by atoms with Gasteiger partial charge in [-0.1, -0.05) is 32.4 Å². The van der Waals surface area contributed by atoms with Crippen molar-refractivity contribution in [1.82, 2.24) is 0 Å².